The molecule has 2 heterocycles. The van der Waals surface area contributed by atoms with Gasteiger partial charge in [0.2, 0.25) is 5.88 Å². The van der Waals surface area contributed by atoms with Gasteiger partial charge in [0.1, 0.15) is 5.70 Å². The number of benzene rings is 1. The molecule has 1 aromatic heterocycles. The molecule has 1 fully saturated rings. The van der Waals surface area contributed by atoms with E-state index >= 15 is 0 Å². The molecule has 1 aromatic carbocycles. The summed E-state index contributed by atoms with van der Waals surface area (Å²) in [5.74, 6) is 0.633. The summed E-state index contributed by atoms with van der Waals surface area (Å²) in [6.45, 7) is 5.15. The van der Waals surface area contributed by atoms with E-state index in [4.69, 9.17) is 20.9 Å². The number of nitrogens with two attached hydrogens (primary N) is 2. The number of hydrogen-bond donors (Lipinski definition) is 4. The van der Waals surface area contributed by atoms with E-state index in [2.05, 4.69) is 27.4 Å². The zero-order valence-electron chi connectivity index (χ0n) is 21.8. The number of anilines is 1. The number of carbonyl (C=O) groups excluding carboxylic acids is 1. The number of nitrogens with one attached hydrogen (secondary N) is 2. The number of ether oxygens (including phenoxy) is 2. The lowest BCUT2D eigenvalue weighted by Gasteiger charge is -2.30. The van der Waals surface area contributed by atoms with E-state index in [-0.39, 0.29) is 17.6 Å². The molecule has 0 aliphatic carbocycles. The fourth-order valence-corrected chi connectivity index (χ4v) is 4.26. The highest BCUT2D eigenvalue weighted by Crippen LogP contribution is 2.30. The Morgan fingerprint density at radius 3 is 2.58 bits per heavy atom. The van der Waals surface area contributed by atoms with E-state index in [9.17, 15) is 4.79 Å². The van der Waals surface area contributed by atoms with E-state index < -0.39 is 0 Å². The molecule has 6 N–H and O–H groups in total. The molecular weight excluding hydrogens is 456 g/mol. The Morgan fingerprint density at radius 1 is 1.22 bits per heavy atom. The van der Waals surface area contributed by atoms with Crippen LogP contribution in [-0.4, -0.2) is 69.3 Å². The van der Waals surface area contributed by atoms with E-state index in [1.54, 1.807) is 13.2 Å². The summed E-state index contributed by atoms with van der Waals surface area (Å²) in [6, 6.07) is 9.62. The van der Waals surface area contributed by atoms with E-state index in [0.717, 1.165) is 50.1 Å². The lowest BCUT2D eigenvalue weighted by Crippen LogP contribution is -2.38. The van der Waals surface area contributed by atoms with Crippen molar-refractivity contribution < 1.29 is 14.3 Å². The molecule has 1 amide bonds. The Morgan fingerprint density at radius 2 is 1.94 bits per heavy atom. The normalized spacial score (nSPS) is 15.8. The van der Waals surface area contributed by atoms with Gasteiger partial charge in [-0.15, -0.1) is 0 Å². The minimum Gasteiger partial charge on any atom is -0.478 e. The standard InChI is InChI=1S/C27H40N6O3/c1-18(19-10-14-35-15-11-19)32-26(25(29)27(34)30-2)22-16-20(6-8-23(22)28)21-7-9-24(31-17-21)36-13-5-12-33(3)4/h6-9,16-19,32H,5,10-15,28-29H2,1-4H3,(H,30,34)/b26-25+/t18-/m0/s1. The summed E-state index contributed by atoms with van der Waals surface area (Å²) in [6.07, 6.45) is 4.61. The first-order chi connectivity index (χ1) is 17.3. The van der Waals surface area contributed by atoms with Gasteiger partial charge in [0, 0.05) is 61.9 Å². The molecule has 196 valence electrons. The van der Waals surface area contributed by atoms with Gasteiger partial charge in [0.25, 0.3) is 5.91 Å². The summed E-state index contributed by atoms with van der Waals surface area (Å²) >= 11 is 0. The first-order valence-corrected chi connectivity index (χ1v) is 12.5. The molecule has 0 saturated carbocycles. The second-order valence-corrected chi connectivity index (χ2v) is 9.44. The van der Waals surface area contributed by atoms with Gasteiger partial charge in [-0.2, -0.15) is 0 Å². The maximum absolute atomic E-state index is 12.5. The first-order valence-electron chi connectivity index (χ1n) is 12.5. The van der Waals surface area contributed by atoms with Crippen molar-refractivity contribution in [2.75, 3.05) is 53.2 Å². The van der Waals surface area contributed by atoms with Gasteiger partial charge in [-0.1, -0.05) is 6.07 Å². The monoisotopic (exact) mass is 496 g/mol. The topological polar surface area (TPSA) is 128 Å². The maximum atomic E-state index is 12.5. The fraction of sp³-hybridized carbons (Fsp3) is 0.481. The highest BCUT2D eigenvalue weighted by molar-refractivity contribution is 6.01. The summed E-state index contributed by atoms with van der Waals surface area (Å²) in [4.78, 5) is 19.1. The Balaban J connectivity index is 1.85. The average molecular weight is 497 g/mol. The lowest BCUT2D eigenvalue weighted by atomic mass is 9.92. The molecule has 9 nitrogen and oxygen atoms in total. The predicted octanol–water partition coefficient (Wildman–Crippen LogP) is 2.44. The van der Waals surface area contributed by atoms with Crippen molar-refractivity contribution in [2.24, 2.45) is 11.7 Å². The quantitative estimate of drug-likeness (QED) is 0.212. The van der Waals surface area contributed by atoms with E-state index in [1.165, 1.54) is 0 Å². The second kappa shape index (κ2) is 13.1. The van der Waals surface area contributed by atoms with Crippen LogP contribution in [0.1, 0.15) is 31.7 Å². The number of rotatable bonds is 11. The molecule has 1 aliphatic rings. The SMILES string of the molecule is CNC(=O)/C(N)=C(\N[C@@H](C)C1CCOCC1)c1cc(-c2ccc(OCCCN(C)C)nc2)ccc1N. The number of pyridine rings is 1. The third-order valence-corrected chi connectivity index (χ3v) is 6.48. The van der Waals surface area contributed by atoms with Crippen LogP contribution in [0.3, 0.4) is 0 Å². The molecule has 36 heavy (non-hydrogen) atoms. The molecule has 0 spiro atoms. The molecule has 2 aromatic rings. The highest BCUT2D eigenvalue weighted by Gasteiger charge is 2.24. The molecular formula is C27H40N6O3. The van der Waals surface area contributed by atoms with E-state index in [0.29, 0.717) is 35.4 Å². The predicted molar refractivity (Wildman–Crippen MR) is 144 cm³/mol. The molecule has 0 unspecified atom stereocenters. The van der Waals surface area contributed by atoms with Gasteiger partial charge < -0.3 is 36.5 Å². The zero-order chi connectivity index (χ0) is 26.1. The summed E-state index contributed by atoms with van der Waals surface area (Å²) in [5, 5.41) is 6.12. The van der Waals surface area contributed by atoms with Gasteiger partial charge in [0.05, 0.1) is 12.3 Å². The van der Waals surface area contributed by atoms with Crippen LogP contribution in [-0.2, 0) is 9.53 Å². The molecule has 1 aliphatic heterocycles. The smallest absolute Gasteiger partial charge is 0.269 e. The Bertz CT molecular complexity index is 1030. The third-order valence-electron chi connectivity index (χ3n) is 6.48. The lowest BCUT2D eigenvalue weighted by molar-refractivity contribution is -0.117. The largest absolute Gasteiger partial charge is 0.478 e. The minimum absolute atomic E-state index is 0.0840. The maximum Gasteiger partial charge on any atom is 0.269 e. The van der Waals surface area contributed by atoms with Gasteiger partial charge in [-0.05, 0) is 70.0 Å². The van der Waals surface area contributed by atoms with Crippen molar-refractivity contribution in [1.29, 1.82) is 0 Å². The number of aromatic nitrogens is 1. The number of amides is 1. The second-order valence-electron chi connectivity index (χ2n) is 9.44. The number of hydrogen-bond acceptors (Lipinski definition) is 8. The van der Waals surface area contributed by atoms with Crippen molar-refractivity contribution in [2.45, 2.75) is 32.2 Å². The third kappa shape index (κ3) is 7.35. The molecule has 3 rings (SSSR count). The molecule has 0 bridgehead atoms. The van der Waals surface area contributed by atoms with Crippen LogP contribution in [0, 0.1) is 5.92 Å². The van der Waals surface area contributed by atoms with Gasteiger partial charge in [0.15, 0.2) is 0 Å². The van der Waals surface area contributed by atoms with Crippen LogP contribution in [0.4, 0.5) is 5.69 Å². The van der Waals surface area contributed by atoms with Gasteiger partial charge >= 0.3 is 0 Å². The molecule has 1 atom stereocenters. The molecule has 1 saturated heterocycles. The summed E-state index contributed by atoms with van der Waals surface area (Å²) in [7, 11) is 5.64. The van der Waals surface area contributed by atoms with Crippen LogP contribution < -0.4 is 26.8 Å². The van der Waals surface area contributed by atoms with Crippen molar-refractivity contribution in [3.63, 3.8) is 0 Å². The summed E-state index contributed by atoms with van der Waals surface area (Å²) < 4.78 is 11.3. The minimum atomic E-state index is -0.362. The van der Waals surface area contributed by atoms with Gasteiger partial charge in [-0.25, -0.2) is 4.98 Å². The Hall–Kier alpha value is -3.30. The Labute approximate surface area is 214 Å². The first kappa shape index (κ1) is 27.3. The molecule has 0 radical (unpaired) electrons. The average Bonchev–Trinajstić information content (AvgIpc) is 2.90. The summed E-state index contributed by atoms with van der Waals surface area (Å²) in [5.41, 5.74) is 16.4. The van der Waals surface area contributed by atoms with Crippen molar-refractivity contribution in [1.82, 2.24) is 20.5 Å². The van der Waals surface area contributed by atoms with E-state index in [1.807, 2.05) is 44.4 Å². The van der Waals surface area contributed by atoms with Crippen LogP contribution in [0.5, 0.6) is 5.88 Å². The van der Waals surface area contributed by atoms with Crippen LogP contribution in [0.25, 0.3) is 16.8 Å². The zero-order valence-corrected chi connectivity index (χ0v) is 21.8. The van der Waals surface area contributed by atoms with Crippen LogP contribution >= 0.6 is 0 Å². The number of carbonyl (C=O) groups is 1. The Kier molecular flexibility index (Phi) is 9.95. The number of nitrogen functional groups attached to an aromatic ring is 1. The van der Waals surface area contributed by atoms with Crippen molar-refractivity contribution in [3.8, 4) is 17.0 Å². The number of nitrogens with zero attached hydrogens (tertiary/aromatic N) is 2. The van der Waals surface area contributed by atoms with Crippen LogP contribution in [0.2, 0.25) is 0 Å². The van der Waals surface area contributed by atoms with Gasteiger partial charge in [-0.3, -0.25) is 4.79 Å². The number of likely N-dealkylation sites (N-methyl/N-ethyl adjacent to an activating group) is 1. The molecule has 9 heteroatoms. The van der Waals surface area contributed by atoms with Crippen molar-refractivity contribution in [3.05, 3.63) is 47.8 Å². The fourth-order valence-electron chi connectivity index (χ4n) is 4.26. The van der Waals surface area contributed by atoms with Crippen LogP contribution in [0.15, 0.2) is 42.2 Å². The van der Waals surface area contributed by atoms with Crippen molar-refractivity contribution >= 4 is 17.3 Å². The highest BCUT2D eigenvalue weighted by atomic mass is 16.5.